The summed E-state index contributed by atoms with van der Waals surface area (Å²) in [5, 5.41) is 3.13. The van der Waals surface area contributed by atoms with E-state index in [0.29, 0.717) is 5.92 Å². The van der Waals surface area contributed by atoms with Gasteiger partial charge in [-0.15, -0.1) is 0 Å². The van der Waals surface area contributed by atoms with Crippen molar-refractivity contribution in [1.82, 2.24) is 5.32 Å². The Bertz CT molecular complexity index is 178. The van der Waals surface area contributed by atoms with Crippen molar-refractivity contribution in [2.45, 2.75) is 25.8 Å². The van der Waals surface area contributed by atoms with E-state index in [-0.39, 0.29) is 12.0 Å². The number of rotatable bonds is 5. The fraction of sp³-hybridized carbons (Fsp3) is 0.900. The van der Waals surface area contributed by atoms with Gasteiger partial charge in [-0.2, -0.15) is 0 Å². The number of ether oxygens (including phenoxy) is 2. The van der Waals surface area contributed by atoms with Crippen molar-refractivity contribution in [3.05, 3.63) is 0 Å². The second-order valence-electron chi connectivity index (χ2n) is 3.72. The molecule has 0 radical (unpaired) electrons. The summed E-state index contributed by atoms with van der Waals surface area (Å²) >= 11 is 0. The molecule has 1 fully saturated rings. The highest BCUT2D eigenvalue weighted by atomic mass is 16.5. The SMILES string of the molecule is COC(=O)C(C)NCCC1CCOC1. The van der Waals surface area contributed by atoms with Crippen LogP contribution in [0.15, 0.2) is 0 Å². The van der Waals surface area contributed by atoms with Crippen LogP contribution in [-0.4, -0.2) is 38.9 Å². The highest BCUT2D eigenvalue weighted by Gasteiger charge is 2.16. The molecule has 0 saturated carbocycles. The fourth-order valence-corrected chi connectivity index (χ4v) is 1.58. The molecular weight excluding hydrogens is 182 g/mol. The van der Waals surface area contributed by atoms with Crippen molar-refractivity contribution in [2.24, 2.45) is 5.92 Å². The third kappa shape index (κ3) is 3.64. The van der Waals surface area contributed by atoms with E-state index >= 15 is 0 Å². The molecule has 0 bridgehead atoms. The van der Waals surface area contributed by atoms with Crippen molar-refractivity contribution in [1.29, 1.82) is 0 Å². The first-order valence-corrected chi connectivity index (χ1v) is 5.13. The summed E-state index contributed by atoms with van der Waals surface area (Å²) in [5.74, 6) is 0.458. The summed E-state index contributed by atoms with van der Waals surface area (Å²) in [6.45, 7) is 4.42. The molecule has 1 N–H and O–H groups in total. The molecule has 0 aromatic rings. The lowest BCUT2D eigenvalue weighted by Crippen LogP contribution is -2.36. The number of esters is 1. The van der Waals surface area contributed by atoms with Gasteiger partial charge >= 0.3 is 5.97 Å². The maximum Gasteiger partial charge on any atom is 0.322 e. The van der Waals surface area contributed by atoms with Crippen LogP contribution in [0, 0.1) is 5.92 Å². The molecule has 1 aliphatic heterocycles. The molecular formula is C10H19NO3. The van der Waals surface area contributed by atoms with E-state index < -0.39 is 0 Å². The maximum absolute atomic E-state index is 11.0. The number of hydrogen-bond donors (Lipinski definition) is 1. The van der Waals surface area contributed by atoms with Crippen LogP contribution >= 0.6 is 0 Å². The zero-order valence-corrected chi connectivity index (χ0v) is 8.91. The molecule has 1 rings (SSSR count). The average molecular weight is 201 g/mol. The molecule has 0 spiro atoms. The van der Waals surface area contributed by atoms with Crippen LogP contribution in [0.2, 0.25) is 0 Å². The number of carbonyl (C=O) groups is 1. The monoisotopic (exact) mass is 201 g/mol. The third-order valence-corrected chi connectivity index (χ3v) is 2.58. The first-order valence-electron chi connectivity index (χ1n) is 5.13. The Kier molecular flexibility index (Phi) is 4.90. The summed E-state index contributed by atoms with van der Waals surface area (Å²) < 4.78 is 9.87. The molecule has 0 amide bonds. The summed E-state index contributed by atoms with van der Waals surface area (Å²) in [4.78, 5) is 11.0. The van der Waals surface area contributed by atoms with E-state index in [1.807, 2.05) is 6.92 Å². The molecule has 2 atom stereocenters. The van der Waals surface area contributed by atoms with Crippen molar-refractivity contribution in [2.75, 3.05) is 26.9 Å². The first kappa shape index (κ1) is 11.5. The third-order valence-electron chi connectivity index (χ3n) is 2.58. The molecule has 0 aromatic heterocycles. The highest BCUT2D eigenvalue weighted by Crippen LogP contribution is 2.15. The van der Waals surface area contributed by atoms with Gasteiger partial charge in [-0.05, 0) is 32.2 Å². The molecule has 0 aromatic carbocycles. The Labute approximate surface area is 85.0 Å². The summed E-state index contributed by atoms with van der Waals surface area (Å²) in [7, 11) is 1.41. The Morgan fingerprint density at radius 1 is 1.71 bits per heavy atom. The van der Waals surface area contributed by atoms with Gasteiger partial charge in [0.25, 0.3) is 0 Å². The Hall–Kier alpha value is -0.610. The smallest absolute Gasteiger partial charge is 0.322 e. The van der Waals surface area contributed by atoms with Gasteiger partial charge < -0.3 is 14.8 Å². The van der Waals surface area contributed by atoms with E-state index in [4.69, 9.17) is 4.74 Å². The lowest BCUT2D eigenvalue weighted by Gasteiger charge is -2.12. The standard InChI is InChI=1S/C10H19NO3/c1-8(10(12)13-2)11-5-3-9-4-6-14-7-9/h8-9,11H,3-7H2,1-2H3. The first-order chi connectivity index (χ1) is 6.74. The molecule has 1 aliphatic rings. The van der Waals surface area contributed by atoms with Crippen molar-refractivity contribution in [3.8, 4) is 0 Å². The maximum atomic E-state index is 11.0. The van der Waals surface area contributed by atoms with Crippen LogP contribution in [0.4, 0.5) is 0 Å². The molecule has 82 valence electrons. The molecule has 1 saturated heterocycles. The number of nitrogens with one attached hydrogen (secondary N) is 1. The average Bonchev–Trinajstić information content (AvgIpc) is 2.69. The number of hydrogen-bond acceptors (Lipinski definition) is 4. The summed E-state index contributed by atoms with van der Waals surface area (Å²) in [6.07, 6.45) is 2.22. The van der Waals surface area contributed by atoms with Crippen LogP contribution in [-0.2, 0) is 14.3 Å². The lowest BCUT2D eigenvalue weighted by molar-refractivity contribution is -0.142. The minimum absolute atomic E-state index is 0.201. The highest BCUT2D eigenvalue weighted by molar-refractivity contribution is 5.74. The van der Waals surface area contributed by atoms with E-state index in [1.165, 1.54) is 7.11 Å². The zero-order chi connectivity index (χ0) is 10.4. The van der Waals surface area contributed by atoms with E-state index in [2.05, 4.69) is 10.1 Å². The van der Waals surface area contributed by atoms with E-state index in [0.717, 1.165) is 32.6 Å². The van der Waals surface area contributed by atoms with Gasteiger partial charge in [0.15, 0.2) is 0 Å². The van der Waals surface area contributed by atoms with Crippen LogP contribution in [0.25, 0.3) is 0 Å². The number of methoxy groups -OCH3 is 1. The van der Waals surface area contributed by atoms with Crippen LogP contribution in [0.5, 0.6) is 0 Å². The zero-order valence-electron chi connectivity index (χ0n) is 8.91. The van der Waals surface area contributed by atoms with Gasteiger partial charge in [0.2, 0.25) is 0 Å². The van der Waals surface area contributed by atoms with Gasteiger partial charge in [-0.1, -0.05) is 0 Å². The van der Waals surface area contributed by atoms with Gasteiger partial charge in [0.05, 0.1) is 7.11 Å². The predicted molar refractivity (Wildman–Crippen MR) is 53.0 cm³/mol. The minimum Gasteiger partial charge on any atom is -0.468 e. The second kappa shape index (κ2) is 5.98. The fourth-order valence-electron chi connectivity index (χ4n) is 1.58. The molecule has 1 heterocycles. The Balaban J connectivity index is 2.05. The van der Waals surface area contributed by atoms with Crippen molar-refractivity contribution >= 4 is 5.97 Å². The normalized spacial score (nSPS) is 23.4. The predicted octanol–water partition coefficient (Wildman–Crippen LogP) is 0.564. The molecule has 4 heteroatoms. The van der Waals surface area contributed by atoms with E-state index in [1.54, 1.807) is 0 Å². The quantitative estimate of drug-likeness (QED) is 0.660. The molecule has 0 aliphatic carbocycles. The molecule has 4 nitrogen and oxygen atoms in total. The van der Waals surface area contributed by atoms with Crippen LogP contribution in [0.3, 0.4) is 0 Å². The summed E-state index contributed by atoms with van der Waals surface area (Å²) in [6, 6.07) is -0.206. The van der Waals surface area contributed by atoms with Gasteiger partial charge in [0.1, 0.15) is 6.04 Å². The second-order valence-corrected chi connectivity index (χ2v) is 3.72. The molecule has 14 heavy (non-hydrogen) atoms. The number of carbonyl (C=O) groups excluding carboxylic acids is 1. The van der Waals surface area contributed by atoms with Crippen molar-refractivity contribution < 1.29 is 14.3 Å². The van der Waals surface area contributed by atoms with E-state index in [9.17, 15) is 4.79 Å². The van der Waals surface area contributed by atoms with Gasteiger partial charge in [-0.3, -0.25) is 4.79 Å². The topological polar surface area (TPSA) is 47.6 Å². The minimum atomic E-state index is -0.206. The van der Waals surface area contributed by atoms with Crippen LogP contribution < -0.4 is 5.32 Å². The van der Waals surface area contributed by atoms with Crippen LogP contribution in [0.1, 0.15) is 19.8 Å². The van der Waals surface area contributed by atoms with Crippen molar-refractivity contribution in [3.63, 3.8) is 0 Å². The Morgan fingerprint density at radius 3 is 3.07 bits per heavy atom. The Morgan fingerprint density at radius 2 is 2.50 bits per heavy atom. The lowest BCUT2D eigenvalue weighted by atomic mass is 10.1. The largest absolute Gasteiger partial charge is 0.468 e. The summed E-state index contributed by atoms with van der Waals surface area (Å²) in [5.41, 5.74) is 0. The van der Waals surface area contributed by atoms with Gasteiger partial charge in [-0.25, -0.2) is 0 Å². The van der Waals surface area contributed by atoms with Gasteiger partial charge in [0, 0.05) is 13.2 Å². The molecule has 2 unspecified atom stereocenters.